The average Bonchev–Trinajstić information content (AvgIpc) is 2.73. The van der Waals surface area contributed by atoms with Gasteiger partial charge in [0.1, 0.15) is 6.04 Å². The Bertz CT molecular complexity index is 535. The molecule has 15 heteroatoms. The van der Waals surface area contributed by atoms with Gasteiger partial charge in [0.25, 0.3) is 0 Å². The van der Waals surface area contributed by atoms with E-state index in [4.69, 9.17) is 42.7 Å². The van der Waals surface area contributed by atoms with Crippen molar-refractivity contribution in [2.45, 2.75) is 63.5 Å². The van der Waals surface area contributed by atoms with E-state index in [1.807, 2.05) is 0 Å². The summed E-state index contributed by atoms with van der Waals surface area (Å²) >= 11 is 0. The van der Waals surface area contributed by atoms with Gasteiger partial charge in [-0.1, -0.05) is 19.3 Å². The highest BCUT2D eigenvalue weighted by molar-refractivity contribution is 5.96. The largest absolute Gasteiger partial charge is 0.481 e. The summed E-state index contributed by atoms with van der Waals surface area (Å²) in [5, 5.41) is 39.8. The van der Waals surface area contributed by atoms with Gasteiger partial charge in [-0.2, -0.15) is 0 Å². The fourth-order valence-electron chi connectivity index (χ4n) is 1.51. The Kier molecular flexibility index (Phi) is 30.9. The highest BCUT2D eigenvalue weighted by Gasteiger charge is 2.18. The van der Waals surface area contributed by atoms with Crippen molar-refractivity contribution in [2.24, 2.45) is 28.7 Å². The van der Waals surface area contributed by atoms with E-state index in [0.29, 0.717) is 25.9 Å². The van der Waals surface area contributed by atoms with Crippen LogP contribution in [-0.2, 0) is 24.0 Å². The van der Waals surface area contributed by atoms with Crippen LogP contribution >= 0.6 is 0 Å². The van der Waals surface area contributed by atoms with E-state index in [1.54, 1.807) is 0 Å². The molecule has 0 saturated heterocycles. The van der Waals surface area contributed by atoms with Crippen LogP contribution in [-0.4, -0.2) is 87.1 Å². The third-order valence-electron chi connectivity index (χ3n) is 3.34. The van der Waals surface area contributed by atoms with Crippen LogP contribution in [0.1, 0.15) is 51.4 Å². The second-order valence-corrected chi connectivity index (χ2v) is 6.33. The second-order valence-electron chi connectivity index (χ2n) is 6.33. The highest BCUT2D eigenvalue weighted by atomic mass is 16.4. The summed E-state index contributed by atoms with van der Waals surface area (Å²) in [7, 11) is 0. The molecule has 0 aromatic rings. The molecule has 0 fully saturated rings. The smallest absolute Gasteiger partial charge is 0.332 e. The van der Waals surface area contributed by atoms with Gasteiger partial charge in [-0.25, -0.2) is 9.59 Å². The number of hydrogen-bond acceptors (Lipinski definition) is 10. The Morgan fingerprint density at radius 2 is 0.970 bits per heavy atom. The summed E-state index contributed by atoms with van der Waals surface area (Å²) in [6.07, 6.45) is 6.33. The van der Waals surface area contributed by atoms with Crippen LogP contribution in [0.15, 0.2) is 0 Å². The van der Waals surface area contributed by atoms with Crippen molar-refractivity contribution in [1.82, 2.24) is 0 Å². The Hall–Kier alpha value is -2.85. The number of aliphatic carboxylic acids is 5. The van der Waals surface area contributed by atoms with E-state index < -0.39 is 41.9 Å². The zero-order valence-electron chi connectivity index (χ0n) is 18.6. The first-order valence-electron chi connectivity index (χ1n) is 10.0. The molecular weight excluding hydrogens is 446 g/mol. The maximum absolute atomic E-state index is 10.3. The fraction of sp³-hybridized carbons (Fsp3) is 0.722. The third-order valence-corrected chi connectivity index (χ3v) is 3.34. The summed E-state index contributed by atoms with van der Waals surface area (Å²) in [5.74, 6) is -5.67. The Morgan fingerprint density at radius 3 is 1.24 bits per heavy atom. The van der Waals surface area contributed by atoms with Gasteiger partial charge in [-0.05, 0) is 38.8 Å². The van der Waals surface area contributed by atoms with Gasteiger partial charge in [-0.3, -0.25) is 14.4 Å². The number of carboxylic acids is 5. The van der Waals surface area contributed by atoms with E-state index in [0.717, 1.165) is 32.1 Å². The van der Waals surface area contributed by atoms with Crippen molar-refractivity contribution in [2.75, 3.05) is 19.6 Å². The first-order valence-corrected chi connectivity index (χ1v) is 10.0. The first kappa shape index (κ1) is 37.5. The quantitative estimate of drug-likeness (QED) is 0.0940. The van der Waals surface area contributed by atoms with E-state index in [-0.39, 0.29) is 13.0 Å². The van der Waals surface area contributed by atoms with Crippen LogP contribution in [0.25, 0.3) is 0 Å². The Morgan fingerprint density at radius 1 is 0.576 bits per heavy atom. The molecule has 0 radical (unpaired) electrons. The average molecular weight is 486 g/mol. The van der Waals surface area contributed by atoms with E-state index in [1.165, 1.54) is 0 Å². The molecule has 0 amide bonds. The Balaban J connectivity index is -0.000000178. The van der Waals surface area contributed by atoms with Crippen molar-refractivity contribution < 1.29 is 49.5 Å². The third kappa shape index (κ3) is 40.1. The summed E-state index contributed by atoms with van der Waals surface area (Å²) in [4.78, 5) is 48.6. The predicted molar refractivity (Wildman–Crippen MR) is 118 cm³/mol. The Labute approximate surface area is 191 Å². The highest BCUT2D eigenvalue weighted by Crippen LogP contribution is 2.03. The van der Waals surface area contributed by atoms with E-state index in [2.05, 4.69) is 11.5 Å². The summed E-state index contributed by atoms with van der Waals surface area (Å²) in [6, 6.07) is -2.49. The molecule has 15 nitrogen and oxygen atoms in total. The molecule has 1 atom stereocenters. The number of carboxylic acid groups (broad SMARTS) is 5. The van der Waals surface area contributed by atoms with Crippen LogP contribution in [0.2, 0.25) is 0 Å². The molecule has 0 aromatic heterocycles. The van der Waals surface area contributed by atoms with Crippen molar-refractivity contribution in [3.8, 4) is 0 Å². The molecule has 33 heavy (non-hydrogen) atoms. The molecule has 0 aliphatic carbocycles. The lowest BCUT2D eigenvalue weighted by atomic mass is 10.1. The molecule has 0 aromatic carbocycles. The fourth-order valence-corrected chi connectivity index (χ4v) is 1.51. The van der Waals surface area contributed by atoms with Gasteiger partial charge in [-0.15, -0.1) is 0 Å². The van der Waals surface area contributed by atoms with Gasteiger partial charge < -0.3 is 54.2 Å². The van der Waals surface area contributed by atoms with E-state index >= 15 is 0 Å². The molecule has 0 bridgehead atoms. The molecule has 1 unspecified atom stereocenters. The molecule has 0 aliphatic rings. The van der Waals surface area contributed by atoms with Crippen LogP contribution in [0.4, 0.5) is 0 Å². The molecule has 0 heterocycles. The van der Waals surface area contributed by atoms with E-state index in [9.17, 15) is 24.0 Å². The summed E-state index contributed by atoms with van der Waals surface area (Å²) in [5.41, 5.74) is 24.9. The summed E-state index contributed by atoms with van der Waals surface area (Å²) < 4.78 is 0. The molecule has 0 spiro atoms. The van der Waals surface area contributed by atoms with Crippen LogP contribution in [0.5, 0.6) is 0 Å². The molecule has 0 saturated carbocycles. The number of nitrogens with two attached hydrogens (primary N) is 5. The first-order chi connectivity index (χ1) is 15.3. The monoisotopic (exact) mass is 485 g/mol. The number of rotatable bonds is 14. The molecule has 15 N–H and O–H groups in total. The minimum atomic E-state index is -1.80. The summed E-state index contributed by atoms with van der Waals surface area (Å²) in [6.45, 7) is 1.03. The van der Waals surface area contributed by atoms with Crippen LogP contribution in [0, 0.1) is 0 Å². The second kappa shape index (κ2) is 27.2. The SMILES string of the molecule is NC(C(=O)O)C(=O)O.NCC(=O)O.NCCCCC(=O)O.NCCCCCCC(N)C(=O)O. The number of unbranched alkanes of at least 4 members (excludes halogenated alkanes) is 4. The van der Waals surface area contributed by atoms with Gasteiger partial charge in [0.15, 0.2) is 0 Å². The number of hydrogen-bond donors (Lipinski definition) is 10. The zero-order chi connectivity index (χ0) is 26.8. The van der Waals surface area contributed by atoms with Gasteiger partial charge in [0.05, 0.1) is 6.54 Å². The number of carbonyl (C=O) groups is 5. The predicted octanol–water partition coefficient (Wildman–Crippen LogP) is -1.98. The lowest BCUT2D eigenvalue weighted by Crippen LogP contribution is -2.38. The van der Waals surface area contributed by atoms with Crippen LogP contribution < -0.4 is 28.7 Å². The molecule has 0 aliphatic heterocycles. The maximum atomic E-state index is 10.3. The minimum absolute atomic E-state index is 0.247. The molecule has 0 rings (SSSR count). The van der Waals surface area contributed by atoms with Gasteiger partial charge in [0.2, 0.25) is 6.04 Å². The molecular formula is C18H39N5O10. The maximum Gasteiger partial charge on any atom is 0.332 e. The van der Waals surface area contributed by atoms with Crippen molar-refractivity contribution >= 4 is 29.8 Å². The van der Waals surface area contributed by atoms with Crippen molar-refractivity contribution in [3.63, 3.8) is 0 Å². The standard InChI is InChI=1S/C8H18N2O2.C5H11NO2.C3H5NO4.C2H5NO2/c9-6-4-2-1-3-5-7(10)8(11)12;6-4-2-1-3-5(7)8;4-1(2(5)6)3(7)8;3-1-2(4)5/h7H,1-6,9-10H2,(H,11,12);1-4,6H2,(H,7,8);1H,4H2,(H,5,6)(H,7,8);1,3H2,(H,4,5). The topological polar surface area (TPSA) is 317 Å². The van der Waals surface area contributed by atoms with Gasteiger partial charge in [0, 0.05) is 6.42 Å². The lowest BCUT2D eigenvalue weighted by molar-refractivity contribution is -0.149. The zero-order valence-corrected chi connectivity index (χ0v) is 18.6. The normalized spacial score (nSPS) is 10.2. The van der Waals surface area contributed by atoms with Crippen molar-refractivity contribution in [1.29, 1.82) is 0 Å². The minimum Gasteiger partial charge on any atom is -0.481 e. The van der Waals surface area contributed by atoms with Gasteiger partial charge >= 0.3 is 29.8 Å². The molecule has 196 valence electrons. The lowest BCUT2D eigenvalue weighted by Gasteiger charge is -2.04. The van der Waals surface area contributed by atoms with Crippen molar-refractivity contribution in [3.05, 3.63) is 0 Å². The van der Waals surface area contributed by atoms with Crippen LogP contribution in [0.3, 0.4) is 0 Å².